The zero-order valence-electron chi connectivity index (χ0n) is 16.6. The summed E-state index contributed by atoms with van der Waals surface area (Å²) < 4.78 is 18.2. The van der Waals surface area contributed by atoms with Crippen molar-refractivity contribution in [2.75, 3.05) is 44.7 Å². The fraction of sp³-hybridized carbons (Fsp3) is 0.409. The zero-order valence-corrected chi connectivity index (χ0v) is 16.6. The van der Waals surface area contributed by atoms with Gasteiger partial charge in [0.25, 0.3) is 5.91 Å². The van der Waals surface area contributed by atoms with Gasteiger partial charge in [0.2, 0.25) is 0 Å². The average Bonchev–Trinajstić information content (AvgIpc) is 2.74. The Kier molecular flexibility index (Phi) is 6.87. The smallest absolute Gasteiger partial charge is 0.278 e. The van der Waals surface area contributed by atoms with Gasteiger partial charge in [-0.05, 0) is 43.2 Å². The molecule has 1 aliphatic heterocycles. The van der Waals surface area contributed by atoms with Crippen LogP contribution in [-0.2, 0) is 11.2 Å². The molecule has 1 heterocycles. The maximum atomic E-state index is 12.9. The van der Waals surface area contributed by atoms with E-state index in [1.54, 1.807) is 19.2 Å². The number of hydrogen-bond donors (Lipinski definition) is 2. The lowest BCUT2D eigenvalue weighted by atomic mass is 10.1. The maximum absolute atomic E-state index is 12.9. The Balaban J connectivity index is 1.44. The monoisotopic (exact) mass is 386 g/mol. The Hall–Kier alpha value is -2.60. The average molecular weight is 386 g/mol. The molecule has 1 aliphatic rings. The van der Waals surface area contributed by atoms with Gasteiger partial charge in [-0.1, -0.05) is 18.2 Å². The fourth-order valence-corrected chi connectivity index (χ4v) is 3.61. The highest BCUT2D eigenvalue weighted by Gasteiger charge is 2.29. The van der Waals surface area contributed by atoms with Crippen LogP contribution in [0.5, 0.6) is 5.75 Å². The summed E-state index contributed by atoms with van der Waals surface area (Å²) in [6, 6.07) is 14.4. The molecule has 5 nitrogen and oxygen atoms in total. The number of rotatable bonds is 7. The van der Waals surface area contributed by atoms with Crippen LogP contribution in [0.15, 0.2) is 48.5 Å². The van der Waals surface area contributed by atoms with Gasteiger partial charge in [-0.15, -0.1) is 0 Å². The SMILES string of the molecule is COc1cccc(N2CC[NH+]([C@H](C)C(=O)NCCc3ccc(F)cc3)CC2)c1. The van der Waals surface area contributed by atoms with E-state index in [4.69, 9.17) is 4.74 Å². The summed E-state index contributed by atoms with van der Waals surface area (Å²) in [5.74, 6) is 0.700. The number of hydrogen-bond acceptors (Lipinski definition) is 3. The van der Waals surface area contributed by atoms with Crippen molar-refractivity contribution in [3.63, 3.8) is 0 Å². The highest BCUT2D eigenvalue weighted by Crippen LogP contribution is 2.20. The molecule has 2 N–H and O–H groups in total. The number of methoxy groups -OCH3 is 1. The molecule has 0 aliphatic carbocycles. The van der Waals surface area contributed by atoms with Gasteiger partial charge in [-0.2, -0.15) is 0 Å². The number of anilines is 1. The summed E-state index contributed by atoms with van der Waals surface area (Å²) in [4.78, 5) is 16.1. The van der Waals surface area contributed by atoms with E-state index in [1.807, 2.05) is 19.1 Å². The zero-order chi connectivity index (χ0) is 19.9. The minimum atomic E-state index is -0.238. The van der Waals surface area contributed by atoms with Crippen LogP contribution in [0.4, 0.5) is 10.1 Å². The Morgan fingerprint density at radius 3 is 2.61 bits per heavy atom. The topological polar surface area (TPSA) is 46.0 Å². The van der Waals surface area contributed by atoms with Crippen LogP contribution in [0.1, 0.15) is 12.5 Å². The van der Waals surface area contributed by atoms with E-state index in [1.165, 1.54) is 17.0 Å². The lowest BCUT2D eigenvalue weighted by Crippen LogP contribution is -3.19. The van der Waals surface area contributed by atoms with E-state index in [9.17, 15) is 9.18 Å². The van der Waals surface area contributed by atoms with E-state index >= 15 is 0 Å². The predicted octanol–water partition coefficient (Wildman–Crippen LogP) is 1.29. The van der Waals surface area contributed by atoms with Crippen molar-refractivity contribution in [2.24, 2.45) is 0 Å². The third kappa shape index (κ3) is 5.23. The van der Waals surface area contributed by atoms with E-state index < -0.39 is 0 Å². The molecule has 0 bridgehead atoms. The molecule has 28 heavy (non-hydrogen) atoms. The minimum absolute atomic E-state index is 0.0759. The normalized spacial score (nSPS) is 15.9. The van der Waals surface area contributed by atoms with Gasteiger partial charge in [0.05, 0.1) is 33.3 Å². The molecule has 150 valence electrons. The number of ether oxygens (including phenoxy) is 1. The second-order valence-electron chi connectivity index (χ2n) is 7.24. The molecule has 0 spiro atoms. The summed E-state index contributed by atoms with van der Waals surface area (Å²) in [6.45, 7) is 6.22. The maximum Gasteiger partial charge on any atom is 0.278 e. The van der Waals surface area contributed by atoms with E-state index in [-0.39, 0.29) is 17.8 Å². The van der Waals surface area contributed by atoms with Crippen LogP contribution < -0.4 is 19.9 Å². The van der Waals surface area contributed by atoms with Crippen LogP contribution in [-0.4, -0.2) is 51.8 Å². The number of carbonyl (C=O) groups is 1. The summed E-state index contributed by atoms with van der Waals surface area (Å²) in [5, 5.41) is 3.02. The minimum Gasteiger partial charge on any atom is -0.497 e. The standard InChI is InChI=1S/C22H28FN3O2/c1-17(22(27)24-11-10-18-6-8-19(23)9-7-18)25-12-14-26(15-13-25)20-4-3-5-21(16-20)28-2/h3-9,16-17H,10-15H2,1-2H3,(H,24,27)/p+1/t17-/m1/s1. The molecule has 6 heteroatoms. The van der Waals surface area contributed by atoms with E-state index in [0.29, 0.717) is 13.0 Å². The van der Waals surface area contributed by atoms with Gasteiger partial charge in [-0.25, -0.2) is 4.39 Å². The highest BCUT2D eigenvalue weighted by molar-refractivity contribution is 5.79. The van der Waals surface area contributed by atoms with E-state index in [2.05, 4.69) is 22.3 Å². The van der Waals surface area contributed by atoms with Crippen LogP contribution in [0, 0.1) is 5.82 Å². The first-order valence-corrected chi connectivity index (χ1v) is 9.82. The number of halogens is 1. The van der Waals surface area contributed by atoms with Gasteiger partial charge in [0, 0.05) is 18.3 Å². The summed E-state index contributed by atoms with van der Waals surface area (Å²) >= 11 is 0. The number of amides is 1. The molecule has 0 saturated carbocycles. The van der Waals surface area contributed by atoms with Crippen molar-refractivity contribution in [1.29, 1.82) is 0 Å². The number of nitrogens with zero attached hydrogens (tertiary/aromatic N) is 1. The van der Waals surface area contributed by atoms with Crippen LogP contribution in [0.2, 0.25) is 0 Å². The molecule has 2 aromatic rings. The third-order valence-corrected chi connectivity index (χ3v) is 5.46. The second-order valence-corrected chi connectivity index (χ2v) is 7.24. The predicted molar refractivity (Wildman–Crippen MR) is 108 cm³/mol. The van der Waals surface area contributed by atoms with Crippen molar-refractivity contribution in [1.82, 2.24) is 5.32 Å². The van der Waals surface area contributed by atoms with Crippen molar-refractivity contribution < 1.29 is 18.8 Å². The Labute approximate surface area is 166 Å². The van der Waals surface area contributed by atoms with Gasteiger partial charge in [-0.3, -0.25) is 4.79 Å². The highest BCUT2D eigenvalue weighted by atomic mass is 19.1. The molecule has 1 atom stereocenters. The third-order valence-electron chi connectivity index (χ3n) is 5.46. The van der Waals surface area contributed by atoms with Gasteiger partial charge in [0.15, 0.2) is 6.04 Å². The quantitative estimate of drug-likeness (QED) is 0.754. The number of carbonyl (C=O) groups excluding carboxylic acids is 1. The molecular formula is C22H29FN3O2+. The molecule has 0 unspecified atom stereocenters. The lowest BCUT2D eigenvalue weighted by molar-refractivity contribution is -0.914. The van der Waals surface area contributed by atoms with Crippen molar-refractivity contribution in [3.8, 4) is 5.75 Å². The number of benzene rings is 2. The number of piperazine rings is 1. The van der Waals surface area contributed by atoms with Gasteiger partial charge < -0.3 is 19.9 Å². The summed E-state index contributed by atoms with van der Waals surface area (Å²) in [7, 11) is 1.68. The molecule has 3 rings (SSSR count). The van der Waals surface area contributed by atoms with Crippen LogP contribution >= 0.6 is 0 Å². The van der Waals surface area contributed by atoms with Crippen molar-refractivity contribution in [3.05, 3.63) is 59.9 Å². The molecular weight excluding hydrogens is 357 g/mol. The van der Waals surface area contributed by atoms with Gasteiger partial charge in [0.1, 0.15) is 11.6 Å². The molecule has 1 saturated heterocycles. The molecule has 2 aromatic carbocycles. The molecule has 0 radical (unpaired) electrons. The Morgan fingerprint density at radius 2 is 1.93 bits per heavy atom. The Bertz CT molecular complexity index is 774. The largest absolute Gasteiger partial charge is 0.497 e. The van der Waals surface area contributed by atoms with Crippen molar-refractivity contribution in [2.45, 2.75) is 19.4 Å². The van der Waals surface area contributed by atoms with Crippen LogP contribution in [0.3, 0.4) is 0 Å². The molecule has 0 aromatic heterocycles. The van der Waals surface area contributed by atoms with Crippen LogP contribution in [0.25, 0.3) is 0 Å². The first kappa shape index (κ1) is 20.1. The second kappa shape index (κ2) is 9.55. The lowest BCUT2D eigenvalue weighted by Gasteiger charge is -2.36. The summed E-state index contributed by atoms with van der Waals surface area (Å²) in [5.41, 5.74) is 2.18. The Morgan fingerprint density at radius 1 is 1.21 bits per heavy atom. The number of quaternary nitrogens is 1. The summed E-state index contributed by atoms with van der Waals surface area (Å²) in [6.07, 6.45) is 0.706. The fourth-order valence-electron chi connectivity index (χ4n) is 3.61. The first-order valence-electron chi connectivity index (χ1n) is 9.82. The molecule has 1 fully saturated rings. The van der Waals surface area contributed by atoms with Crippen molar-refractivity contribution >= 4 is 11.6 Å². The van der Waals surface area contributed by atoms with E-state index in [0.717, 1.165) is 43.2 Å². The van der Waals surface area contributed by atoms with Gasteiger partial charge >= 0.3 is 0 Å². The number of nitrogens with one attached hydrogen (secondary N) is 2. The first-order chi connectivity index (χ1) is 13.6. The molecule has 1 amide bonds.